The minimum absolute atomic E-state index is 0.157. The third-order valence-corrected chi connectivity index (χ3v) is 4.42. The number of aromatic nitrogens is 2. The van der Waals surface area contributed by atoms with E-state index in [0.717, 1.165) is 35.2 Å². The Balaban J connectivity index is 1.53. The largest absolute Gasteiger partial charge is 0.497 e. The van der Waals surface area contributed by atoms with Gasteiger partial charge in [0.25, 0.3) is 5.22 Å². The van der Waals surface area contributed by atoms with Gasteiger partial charge in [0.1, 0.15) is 5.75 Å². The van der Waals surface area contributed by atoms with Crippen LogP contribution in [-0.4, -0.2) is 29.0 Å². The molecule has 1 heterocycles. The van der Waals surface area contributed by atoms with Crippen LogP contribution in [0.25, 0.3) is 0 Å². The molecular formula is C18H14F3N3O3S. The third kappa shape index (κ3) is 4.83. The van der Waals surface area contributed by atoms with Gasteiger partial charge in [-0.05, 0) is 29.8 Å². The molecule has 0 saturated heterocycles. The molecule has 0 fully saturated rings. The topological polar surface area (TPSA) is 77.2 Å². The van der Waals surface area contributed by atoms with Crippen LogP contribution in [0.2, 0.25) is 0 Å². The van der Waals surface area contributed by atoms with Crippen molar-refractivity contribution in [3.05, 3.63) is 65.3 Å². The molecule has 0 aliphatic heterocycles. The molecule has 0 aliphatic carbocycles. The van der Waals surface area contributed by atoms with E-state index in [1.807, 2.05) is 24.3 Å². The highest BCUT2D eigenvalue weighted by Crippen LogP contribution is 2.22. The van der Waals surface area contributed by atoms with Crippen molar-refractivity contribution in [3.8, 4) is 5.75 Å². The van der Waals surface area contributed by atoms with Crippen LogP contribution < -0.4 is 10.1 Å². The van der Waals surface area contributed by atoms with Crippen molar-refractivity contribution in [3.63, 3.8) is 0 Å². The van der Waals surface area contributed by atoms with Crippen molar-refractivity contribution in [2.75, 3.05) is 18.2 Å². The molecule has 3 aromatic rings. The Hall–Kier alpha value is -3.01. The van der Waals surface area contributed by atoms with E-state index in [1.54, 1.807) is 7.11 Å². The monoisotopic (exact) mass is 409 g/mol. The second-order valence-corrected chi connectivity index (χ2v) is 6.47. The molecule has 0 spiro atoms. The minimum Gasteiger partial charge on any atom is -0.497 e. The smallest absolute Gasteiger partial charge is 0.277 e. The lowest BCUT2D eigenvalue weighted by atomic mass is 10.1. The van der Waals surface area contributed by atoms with Crippen molar-refractivity contribution in [1.82, 2.24) is 10.2 Å². The van der Waals surface area contributed by atoms with Gasteiger partial charge in [0, 0.05) is 0 Å². The fourth-order valence-electron chi connectivity index (χ4n) is 2.22. The fraction of sp³-hybridized carbons (Fsp3) is 0.167. The fourth-order valence-corrected chi connectivity index (χ4v) is 2.80. The van der Waals surface area contributed by atoms with Crippen molar-refractivity contribution < 1.29 is 27.1 Å². The Morgan fingerprint density at radius 3 is 2.57 bits per heavy atom. The number of methoxy groups -OCH3 is 1. The second kappa shape index (κ2) is 8.79. The Labute approximate surface area is 162 Å². The summed E-state index contributed by atoms with van der Waals surface area (Å²) in [5.41, 5.74) is 0.489. The summed E-state index contributed by atoms with van der Waals surface area (Å²) in [5, 5.41) is 10.0. The lowest BCUT2D eigenvalue weighted by Gasteiger charge is -2.06. The Morgan fingerprint density at radius 1 is 1.11 bits per heavy atom. The molecule has 0 unspecified atom stereocenters. The van der Waals surface area contributed by atoms with Crippen molar-refractivity contribution in [1.29, 1.82) is 0 Å². The van der Waals surface area contributed by atoms with Crippen LogP contribution in [0.3, 0.4) is 0 Å². The summed E-state index contributed by atoms with van der Waals surface area (Å²) in [5.74, 6) is -4.16. The van der Waals surface area contributed by atoms with Crippen LogP contribution >= 0.6 is 11.8 Å². The zero-order valence-corrected chi connectivity index (χ0v) is 15.4. The molecule has 0 bridgehead atoms. The lowest BCUT2D eigenvalue weighted by molar-refractivity contribution is -0.113. The average Bonchev–Trinajstić information content (AvgIpc) is 3.15. The molecule has 3 rings (SSSR count). The molecule has 0 atom stereocenters. The minimum atomic E-state index is -1.65. The molecule has 6 nitrogen and oxygen atoms in total. The molecule has 1 amide bonds. The molecule has 1 aromatic heterocycles. The van der Waals surface area contributed by atoms with Crippen molar-refractivity contribution in [2.45, 2.75) is 11.6 Å². The number of amides is 1. The van der Waals surface area contributed by atoms with E-state index in [0.29, 0.717) is 12.3 Å². The van der Waals surface area contributed by atoms with Crippen molar-refractivity contribution >= 4 is 23.4 Å². The summed E-state index contributed by atoms with van der Waals surface area (Å²) in [6, 6.07) is 9.01. The Kier molecular flexibility index (Phi) is 6.19. The summed E-state index contributed by atoms with van der Waals surface area (Å²) in [4.78, 5) is 11.9. The molecular weight excluding hydrogens is 395 g/mol. The van der Waals surface area contributed by atoms with E-state index in [-0.39, 0.29) is 11.0 Å². The van der Waals surface area contributed by atoms with Gasteiger partial charge in [0.2, 0.25) is 11.8 Å². The van der Waals surface area contributed by atoms with E-state index < -0.39 is 29.0 Å². The first kappa shape index (κ1) is 19.7. The van der Waals surface area contributed by atoms with Gasteiger partial charge in [-0.15, -0.1) is 10.2 Å². The molecule has 0 aliphatic rings. The zero-order chi connectivity index (χ0) is 20.1. The zero-order valence-electron chi connectivity index (χ0n) is 14.5. The predicted octanol–water partition coefficient (Wildman–Crippen LogP) is 3.82. The van der Waals surface area contributed by atoms with Gasteiger partial charge < -0.3 is 14.5 Å². The molecule has 0 radical (unpaired) electrons. The van der Waals surface area contributed by atoms with E-state index in [2.05, 4.69) is 15.5 Å². The maximum atomic E-state index is 13.6. The van der Waals surface area contributed by atoms with Gasteiger partial charge in [0.05, 0.1) is 25.0 Å². The summed E-state index contributed by atoms with van der Waals surface area (Å²) in [6.45, 7) is 0. The number of nitrogens with zero attached hydrogens (tertiary/aromatic N) is 2. The van der Waals surface area contributed by atoms with Crippen LogP contribution in [0.4, 0.5) is 18.9 Å². The molecule has 28 heavy (non-hydrogen) atoms. The maximum Gasteiger partial charge on any atom is 0.277 e. The number of thioether (sulfide) groups is 1. The highest BCUT2D eigenvalue weighted by molar-refractivity contribution is 7.99. The van der Waals surface area contributed by atoms with Gasteiger partial charge in [-0.2, -0.15) is 0 Å². The van der Waals surface area contributed by atoms with Gasteiger partial charge in [-0.25, -0.2) is 13.2 Å². The standard InChI is InChI=1S/C18H14F3N3O3S/c1-26-11-4-2-10(3-5-11)8-15-23-24-18(27-15)28-9-14(25)22-13-7-6-12(19)16(20)17(13)21/h2-7H,8-9H2,1H3,(H,22,25). The Morgan fingerprint density at radius 2 is 1.86 bits per heavy atom. The Bertz CT molecular complexity index is 980. The quantitative estimate of drug-likeness (QED) is 0.472. The number of ether oxygens (including phenoxy) is 1. The van der Waals surface area contributed by atoms with Gasteiger partial charge in [-0.1, -0.05) is 23.9 Å². The number of halogens is 3. The van der Waals surface area contributed by atoms with Crippen LogP contribution in [0.5, 0.6) is 5.75 Å². The molecule has 10 heteroatoms. The molecule has 0 saturated carbocycles. The number of anilines is 1. The lowest BCUT2D eigenvalue weighted by Crippen LogP contribution is -2.15. The highest BCUT2D eigenvalue weighted by atomic mass is 32.2. The van der Waals surface area contributed by atoms with Crippen LogP contribution in [0.15, 0.2) is 46.0 Å². The number of nitrogens with one attached hydrogen (secondary N) is 1. The third-order valence-electron chi connectivity index (χ3n) is 3.60. The summed E-state index contributed by atoms with van der Waals surface area (Å²) >= 11 is 0.936. The van der Waals surface area contributed by atoms with E-state index >= 15 is 0 Å². The molecule has 1 N–H and O–H groups in total. The van der Waals surface area contributed by atoms with E-state index in [1.165, 1.54) is 0 Å². The molecule has 2 aromatic carbocycles. The average molecular weight is 409 g/mol. The van der Waals surface area contributed by atoms with Crippen LogP contribution in [0, 0.1) is 17.5 Å². The van der Waals surface area contributed by atoms with Crippen molar-refractivity contribution in [2.24, 2.45) is 0 Å². The number of hydrogen-bond acceptors (Lipinski definition) is 6. The first-order chi connectivity index (χ1) is 13.5. The first-order valence-electron chi connectivity index (χ1n) is 7.97. The van der Waals surface area contributed by atoms with Crippen LogP contribution in [0.1, 0.15) is 11.5 Å². The van der Waals surface area contributed by atoms with Crippen LogP contribution in [-0.2, 0) is 11.2 Å². The highest BCUT2D eigenvalue weighted by Gasteiger charge is 2.16. The van der Waals surface area contributed by atoms with Gasteiger partial charge >= 0.3 is 0 Å². The number of rotatable bonds is 7. The number of hydrogen-bond donors (Lipinski definition) is 1. The summed E-state index contributed by atoms with van der Waals surface area (Å²) < 4.78 is 50.2. The maximum absolute atomic E-state index is 13.6. The predicted molar refractivity (Wildman–Crippen MR) is 95.8 cm³/mol. The van der Waals surface area contributed by atoms with Gasteiger partial charge in [-0.3, -0.25) is 4.79 Å². The summed E-state index contributed by atoms with van der Waals surface area (Å²) in [6.07, 6.45) is 0.407. The van der Waals surface area contributed by atoms with Gasteiger partial charge in [0.15, 0.2) is 17.5 Å². The van der Waals surface area contributed by atoms with E-state index in [9.17, 15) is 18.0 Å². The van der Waals surface area contributed by atoms with E-state index in [4.69, 9.17) is 9.15 Å². The number of carbonyl (C=O) groups is 1. The molecule has 146 valence electrons. The normalized spacial score (nSPS) is 10.7. The first-order valence-corrected chi connectivity index (χ1v) is 8.96. The second-order valence-electron chi connectivity index (χ2n) is 5.55. The number of carbonyl (C=O) groups excluding carboxylic acids is 1. The number of benzene rings is 2. The summed E-state index contributed by atoms with van der Waals surface area (Å²) in [7, 11) is 1.58. The SMILES string of the molecule is COc1ccc(Cc2nnc(SCC(=O)Nc3ccc(F)c(F)c3F)o2)cc1.